The second kappa shape index (κ2) is 8.35. The molecule has 0 atom stereocenters. The minimum absolute atomic E-state index is 0.00428. The van der Waals surface area contributed by atoms with Gasteiger partial charge in [-0.2, -0.15) is 5.10 Å². The van der Waals surface area contributed by atoms with Crippen molar-refractivity contribution >= 4 is 22.4 Å². The van der Waals surface area contributed by atoms with E-state index in [1.165, 1.54) is 0 Å². The number of anilines is 1. The van der Waals surface area contributed by atoms with Gasteiger partial charge in [-0.3, -0.25) is 9.59 Å². The van der Waals surface area contributed by atoms with Gasteiger partial charge in [0.2, 0.25) is 11.8 Å². The zero-order valence-corrected chi connectivity index (χ0v) is 15.5. The van der Waals surface area contributed by atoms with Gasteiger partial charge in [-0.25, -0.2) is 10.1 Å². The lowest BCUT2D eigenvalue weighted by Gasteiger charge is -2.11. The quantitative estimate of drug-likeness (QED) is 0.531. The van der Waals surface area contributed by atoms with Gasteiger partial charge in [-0.1, -0.05) is 48.5 Å². The largest absolute Gasteiger partial charge is 0.471 e. The van der Waals surface area contributed by atoms with Crippen molar-refractivity contribution in [2.24, 2.45) is 0 Å². The Bertz CT molecular complexity index is 1210. The van der Waals surface area contributed by atoms with Gasteiger partial charge in [0, 0.05) is 11.6 Å². The third kappa shape index (κ3) is 4.30. The Balaban J connectivity index is 1.49. The van der Waals surface area contributed by atoms with Gasteiger partial charge >= 0.3 is 0 Å². The number of fused-ring (bicyclic) bond motifs is 1. The van der Waals surface area contributed by atoms with E-state index in [0.29, 0.717) is 34.6 Å². The Morgan fingerprint density at radius 2 is 1.72 bits per heavy atom. The van der Waals surface area contributed by atoms with E-state index in [-0.39, 0.29) is 17.9 Å². The van der Waals surface area contributed by atoms with Crippen molar-refractivity contribution in [3.05, 3.63) is 94.5 Å². The maximum atomic E-state index is 12.6. The molecule has 0 saturated heterocycles. The van der Waals surface area contributed by atoms with Crippen molar-refractivity contribution in [3.8, 4) is 5.88 Å². The van der Waals surface area contributed by atoms with Crippen LogP contribution in [0.25, 0.3) is 10.8 Å². The number of hydrogen-bond donors (Lipinski definition) is 2. The summed E-state index contributed by atoms with van der Waals surface area (Å²) in [5.41, 5.74) is 1.68. The number of H-pyrrole nitrogens is 1. The summed E-state index contributed by atoms with van der Waals surface area (Å²) in [6.07, 6.45) is 1.61. The molecule has 0 bridgehead atoms. The molecule has 4 rings (SSSR count). The molecule has 7 nitrogen and oxygen atoms in total. The molecule has 0 spiro atoms. The first-order valence-corrected chi connectivity index (χ1v) is 9.08. The van der Waals surface area contributed by atoms with Crippen LogP contribution in [0.4, 0.5) is 5.69 Å². The van der Waals surface area contributed by atoms with Crippen LogP contribution < -0.4 is 15.6 Å². The van der Waals surface area contributed by atoms with Gasteiger partial charge in [-0.05, 0) is 23.8 Å². The monoisotopic (exact) mass is 386 g/mol. The number of carbonyl (C=O) groups excluding carboxylic acids is 1. The van der Waals surface area contributed by atoms with Crippen LogP contribution in [0.5, 0.6) is 5.88 Å². The van der Waals surface area contributed by atoms with E-state index in [4.69, 9.17) is 4.74 Å². The van der Waals surface area contributed by atoms with Crippen LogP contribution in [-0.4, -0.2) is 21.1 Å². The average molecular weight is 386 g/mol. The predicted octanol–water partition coefficient (Wildman–Crippen LogP) is 3.08. The maximum absolute atomic E-state index is 12.6. The van der Waals surface area contributed by atoms with Crippen molar-refractivity contribution in [1.82, 2.24) is 15.2 Å². The highest BCUT2D eigenvalue weighted by Gasteiger charge is 2.13. The third-order valence-corrected chi connectivity index (χ3v) is 4.37. The van der Waals surface area contributed by atoms with Crippen molar-refractivity contribution in [2.75, 3.05) is 5.32 Å². The molecule has 4 aromatic rings. The molecule has 1 amide bonds. The molecule has 7 heteroatoms. The SMILES string of the molecule is O=C(Cc1n[nH]c(=O)c2ccccc12)Nc1cccnc1OCc1ccccc1. The van der Waals surface area contributed by atoms with E-state index < -0.39 is 0 Å². The van der Waals surface area contributed by atoms with Gasteiger partial charge in [0.05, 0.1) is 17.5 Å². The number of aromatic amines is 1. The maximum Gasteiger partial charge on any atom is 0.272 e. The topological polar surface area (TPSA) is 97.0 Å². The zero-order valence-electron chi connectivity index (χ0n) is 15.5. The summed E-state index contributed by atoms with van der Waals surface area (Å²) < 4.78 is 5.77. The third-order valence-electron chi connectivity index (χ3n) is 4.37. The number of hydrogen-bond acceptors (Lipinski definition) is 5. The van der Waals surface area contributed by atoms with Gasteiger partial charge in [0.1, 0.15) is 12.3 Å². The van der Waals surface area contributed by atoms with E-state index in [2.05, 4.69) is 20.5 Å². The average Bonchev–Trinajstić information content (AvgIpc) is 2.76. The van der Waals surface area contributed by atoms with E-state index >= 15 is 0 Å². The number of pyridine rings is 1. The van der Waals surface area contributed by atoms with E-state index in [1.54, 1.807) is 36.5 Å². The summed E-state index contributed by atoms with van der Waals surface area (Å²) in [5, 5.41) is 10.4. The molecule has 0 saturated carbocycles. The summed E-state index contributed by atoms with van der Waals surface area (Å²) in [6, 6.07) is 20.2. The van der Waals surface area contributed by atoms with Crippen molar-refractivity contribution in [2.45, 2.75) is 13.0 Å². The Hall–Kier alpha value is -4.00. The summed E-state index contributed by atoms with van der Waals surface area (Å²) in [5.74, 6) is 0.0521. The van der Waals surface area contributed by atoms with Gasteiger partial charge < -0.3 is 10.1 Å². The van der Waals surface area contributed by atoms with E-state index in [1.807, 2.05) is 36.4 Å². The smallest absolute Gasteiger partial charge is 0.272 e. The van der Waals surface area contributed by atoms with Crippen LogP contribution in [0.15, 0.2) is 77.7 Å². The molecule has 29 heavy (non-hydrogen) atoms. The molecular formula is C22H18N4O3. The first-order chi connectivity index (χ1) is 14.2. The summed E-state index contributed by atoms with van der Waals surface area (Å²) in [7, 11) is 0. The fraction of sp³-hybridized carbons (Fsp3) is 0.0909. The van der Waals surface area contributed by atoms with E-state index in [9.17, 15) is 9.59 Å². The predicted molar refractivity (Wildman–Crippen MR) is 110 cm³/mol. The highest BCUT2D eigenvalue weighted by Crippen LogP contribution is 2.22. The van der Waals surface area contributed by atoms with Crippen LogP contribution in [0.3, 0.4) is 0 Å². The normalized spacial score (nSPS) is 10.6. The highest BCUT2D eigenvalue weighted by atomic mass is 16.5. The number of amides is 1. The lowest BCUT2D eigenvalue weighted by Crippen LogP contribution is -2.19. The molecule has 0 radical (unpaired) electrons. The summed E-state index contributed by atoms with van der Waals surface area (Å²) in [4.78, 5) is 28.7. The molecule has 2 aromatic carbocycles. The van der Waals surface area contributed by atoms with Crippen molar-refractivity contribution < 1.29 is 9.53 Å². The first kappa shape index (κ1) is 18.4. The van der Waals surface area contributed by atoms with Crippen molar-refractivity contribution in [3.63, 3.8) is 0 Å². The van der Waals surface area contributed by atoms with E-state index in [0.717, 1.165) is 5.56 Å². The number of nitrogens with zero attached hydrogens (tertiary/aromatic N) is 2. The molecule has 144 valence electrons. The van der Waals surface area contributed by atoms with Crippen LogP contribution in [0, 0.1) is 0 Å². The number of carbonyl (C=O) groups is 1. The van der Waals surface area contributed by atoms with Crippen LogP contribution in [0.2, 0.25) is 0 Å². The fourth-order valence-corrected chi connectivity index (χ4v) is 2.98. The second-order valence-corrected chi connectivity index (χ2v) is 6.40. The lowest BCUT2D eigenvalue weighted by atomic mass is 10.1. The van der Waals surface area contributed by atoms with Gasteiger partial charge in [0.25, 0.3) is 5.56 Å². The molecule has 0 aliphatic rings. The minimum atomic E-state index is -0.285. The molecule has 2 heterocycles. The number of benzene rings is 2. The molecule has 0 fully saturated rings. The van der Waals surface area contributed by atoms with Crippen LogP contribution in [0.1, 0.15) is 11.3 Å². The summed E-state index contributed by atoms with van der Waals surface area (Å²) in [6.45, 7) is 0.340. The van der Waals surface area contributed by atoms with Crippen molar-refractivity contribution in [1.29, 1.82) is 0 Å². The molecule has 0 unspecified atom stereocenters. The van der Waals surface area contributed by atoms with Crippen LogP contribution in [-0.2, 0) is 17.8 Å². The Labute approximate surface area is 166 Å². The lowest BCUT2D eigenvalue weighted by molar-refractivity contribution is -0.115. The second-order valence-electron chi connectivity index (χ2n) is 6.40. The number of rotatable bonds is 6. The first-order valence-electron chi connectivity index (χ1n) is 9.08. The molecule has 2 N–H and O–H groups in total. The molecular weight excluding hydrogens is 368 g/mol. The highest BCUT2D eigenvalue weighted by molar-refractivity contribution is 5.95. The zero-order chi connectivity index (χ0) is 20.1. The molecule has 2 aromatic heterocycles. The minimum Gasteiger partial charge on any atom is -0.471 e. The Morgan fingerprint density at radius 3 is 2.55 bits per heavy atom. The number of ether oxygens (including phenoxy) is 1. The Kier molecular flexibility index (Phi) is 5.29. The van der Waals surface area contributed by atoms with Gasteiger partial charge in [-0.15, -0.1) is 0 Å². The standard InChI is InChI=1S/C22H18N4O3/c27-20(13-19-16-9-4-5-10-17(16)21(28)26-25-19)24-18-11-6-12-23-22(18)29-14-15-7-2-1-3-8-15/h1-12H,13-14H2,(H,24,27)(H,26,28). The molecule has 0 aliphatic carbocycles. The van der Waals surface area contributed by atoms with Crippen LogP contribution >= 0.6 is 0 Å². The van der Waals surface area contributed by atoms with Gasteiger partial charge in [0.15, 0.2) is 0 Å². The number of nitrogens with one attached hydrogen (secondary N) is 2. The fourth-order valence-electron chi connectivity index (χ4n) is 2.98. The molecule has 0 aliphatic heterocycles. The summed E-state index contributed by atoms with van der Waals surface area (Å²) >= 11 is 0. The number of aromatic nitrogens is 3. The Morgan fingerprint density at radius 1 is 0.966 bits per heavy atom.